The summed E-state index contributed by atoms with van der Waals surface area (Å²) in [6, 6.07) is 15.6. The summed E-state index contributed by atoms with van der Waals surface area (Å²) in [5.41, 5.74) is 2.09. The summed E-state index contributed by atoms with van der Waals surface area (Å²) in [6.07, 6.45) is 1.04. The summed E-state index contributed by atoms with van der Waals surface area (Å²) in [5, 5.41) is 3.69. The third-order valence-electron chi connectivity index (χ3n) is 3.57. The Balaban J connectivity index is 1.99. The van der Waals surface area contributed by atoms with Gasteiger partial charge in [0.1, 0.15) is 0 Å². The van der Waals surface area contributed by atoms with E-state index in [4.69, 9.17) is 11.6 Å². The van der Waals surface area contributed by atoms with Gasteiger partial charge in [0, 0.05) is 10.6 Å². The minimum atomic E-state index is -0.0133. The Morgan fingerprint density at radius 2 is 1.86 bits per heavy atom. The molecule has 116 valence electrons. The largest absolute Gasteiger partial charge is 0.325 e. The lowest BCUT2D eigenvalue weighted by Gasteiger charge is -2.15. The number of benzene rings is 2. The average molecular weight is 334 g/mol. The molecule has 2 aromatic carbocycles. The molecule has 0 spiro atoms. The van der Waals surface area contributed by atoms with E-state index in [9.17, 15) is 4.79 Å². The molecule has 1 atom stereocenters. The number of para-hydroxylation sites is 1. The first-order valence-corrected chi connectivity index (χ1v) is 8.74. The smallest absolute Gasteiger partial charge is 0.234 e. The second-order valence-corrected chi connectivity index (χ2v) is 6.59. The van der Waals surface area contributed by atoms with E-state index < -0.39 is 0 Å². The third-order valence-corrected chi connectivity index (χ3v) is 5.09. The second-order valence-electron chi connectivity index (χ2n) is 5.16. The first-order chi connectivity index (χ1) is 10.6. The van der Waals surface area contributed by atoms with Crippen molar-refractivity contribution in [2.45, 2.75) is 31.1 Å². The van der Waals surface area contributed by atoms with Crippen LogP contribution in [0.25, 0.3) is 0 Å². The lowest BCUT2D eigenvalue weighted by Crippen LogP contribution is -2.15. The number of halogens is 1. The third kappa shape index (κ3) is 4.52. The number of amides is 1. The molecule has 4 heteroatoms. The topological polar surface area (TPSA) is 29.1 Å². The highest BCUT2D eigenvalue weighted by atomic mass is 35.5. The van der Waals surface area contributed by atoms with Gasteiger partial charge < -0.3 is 5.32 Å². The fourth-order valence-corrected chi connectivity index (χ4v) is 3.19. The van der Waals surface area contributed by atoms with Crippen molar-refractivity contribution in [3.8, 4) is 0 Å². The van der Waals surface area contributed by atoms with Crippen molar-refractivity contribution in [1.29, 1.82) is 0 Å². The Hall–Kier alpha value is -1.45. The number of carbonyl (C=O) groups excluding carboxylic acids is 1. The normalized spacial score (nSPS) is 12.0. The summed E-state index contributed by atoms with van der Waals surface area (Å²) in [7, 11) is 0. The van der Waals surface area contributed by atoms with Crippen LogP contribution in [-0.4, -0.2) is 11.7 Å². The van der Waals surface area contributed by atoms with Crippen molar-refractivity contribution >= 4 is 35.0 Å². The maximum absolute atomic E-state index is 12.2. The SMILES string of the molecule is CCC(C)c1ccccc1NC(=O)CSc1ccccc1Cl. The summed E-state index contributed by atoms with van der Waals surface area (Å²) >= 11 is 7.55. The maximum Gasteiger partial charge on any atom is 0.234 e. The van der Waals surface area contributed by atoms with E-state index in [-0.39, 0.29) is 5.91 Å². The number of hydrogen-bond acceptors (Lipinski definition) is 2. The Labute approximate surface area is 141 Å². The number of hydrogen-bond donors (Lipinski definition) is 1. The van der Waals surface area contributed by atoms with Crippen LogP contribution in [0.15, 0.2) is 53.4 Å². The fraction of sp³-hybridized carbons (Fsp3) is 0.278. The molecule has 0 saturated carbocycles. The van der Waals surface area contributed by atoms with Crippen molar-refractivity contribution in [3.63, 3.8) is 0 Å². The van der Waals surface area contributed by atoms with Gasteiger partial charge in [-0.1, -0.05) is 55.8 Å². The molecule has 0 bridgehead atoms. The summed E-state index contributed by atoms with van der Waals surface area (Å²) in [4.78, 5) is 13.1. The minimum Gasteiger partial charge on any atom is -0.325 e. The first-order valence-electron chi connectivity index (χ1n) is 7.38. The van der Waals surface area contributed by atoms with Crippen LogP contribution >= 0.6 is 23.4 Å². The van der Waals surface area contributed by atoms with E-state index in [0.717, 1.165) is 17.0 Å². The van der Waals surface area contributed by atoms with Gasteiger partial charge in [-0.05, 0) is 36.1 Å². The predicted octanol–water partition coefficient (Wildman–Crippen LogP) is 5.58. The highest BCUT2D eigenvalue weighted by Gasteiger charge is 2.11. The van der Waals surface area contributed by atoms with Gasteiger partial charge >= 0.3 is 0 Å². The number of thioether (sulfide) groups is 1. The van der Waals surface area contributed by atoms with E-state index >= 15 is 0 Å². The monoisotopic (exact) mass is 333 g/mol. The van der Waals surface area contributed by atoms with Crippen LogP contribution in [-0.2, 0) is 4.79 Å². The highest BCUT2D eigenvalue weighted by molar-refractivity contribution is 8.00. The molecule has 0 aromatic heterocycles. The van der Waals surface area contributed by atoms with E-state index in [0.29, 0.717) is 16.7 Å². The molecule has 22 heavy (non-hydrogen) atoms. The predicted molar refractivity (Wildman–Crippen MR) is 96.0 cm³/mol. The molecule has 0 saturated heterocycles. The molecule has 2 aromatic rings. The Kier molecular flexibility index (Phi) is 6.34. The lowest BCUT2D eigenvalue weighted by atomic mass is 9.97. The van der Waals surface area contributed by atoms with E-state index in [1.807, 2.05) is 42.5 Å². The van der Waals surface area contributed by atoms with Crippen LogP contribution in [0.1, 0.15) is 31.7 Å². The van der Waals surface area contributed by atoms with Crippen molar-refractivity contribution in [3.05, 3.63) is 59.1 Å². The van der Waals surface area contributed by atoms with Gasteiger partial charge in [-0.3, -0.25) is 4.79 Å². The van der Waals surface area contributed by atoms with Crippen LogP contribution in [0, 0.1) is 0 Å². The van der Waals surface area contributed by atoms with Crippen LogP contribution in [0.2, 0.25) is 5.02 Å². The van der Waals surface area contributed by atoms with Gasteiger partial charge in [0.25, 0.3) is 0 Å². The molecular weight excluding hydrogens is 314 g/mol. The van der Waals surface area contributed by atoms with Gasteiger partial charge in [-0.2, -0.15) is 0 Å². The number of carbonyl (C=O) groups is 1. The van der Waals surface area contributed by atoms with Crippen LogP contribution < -0.4 is 5.32 Å². The molecule has 2 rings (SSSR count). The van der Waals surface area contributed by atoms with Crippen LogP contribution in [0.5, 0.6) is 0 Å². The zero-order valence-corrected chi connectivity index (χ0v) is 14.4. The molecule has 1 amide bonds. The zero-order valence-electron chi connectivity index (χ0n) is 12.8. The Morgan fingerprint density at radius 1 is 1.18 bits per heavy atom. The van der Waals surface area contributed by atoms with Crippen LogP contribution in [0.3, 0.4) is 0 Å². The summed E-state index contributed by atoms with van der Waals surface area (Å²) in [6.45, 7) is 4.32. The first kappa shape index (κ1) is 16.9. The van der Waals surface area contributed by atoms with Crippen molar-refractivity contribution in [2.75, 3.05) is 11.1 Å². The Morgan fingerprint density at radius 3 is 2.59 bits per heavy atom. The fourth-order valence-electron chi connectivity index (χ4n) is 2.15. The lowest BCUT2D eigenvalue weighted by molar-refractivity contribution is -0.113. The number of rotatable bonds is 6. The molecule has 0 aliphatic rings. The van der Waals surface area contributed by atoms with Crippen molar-refractivity contribution in [2.24, 2.45) is 0 Å². The second kappa shape index (κ2) is 8.25. The summed E-state index contributed by atoms with van der Waals surface area (Å²) < 4.78 is 0. The molecule has 2 nitrogen and oxygen atoms in total. The Bertz CT molecular complexity index is 644. The molecule has 0 fully saturated rings. The molecule has 1 N–H and O–H groups in total. The quantitative estimate of drug-likeness (QED) is 0.699. The maximum atomic E-state index is 12.2. The summed E-state index contributed by atoms with van der Waals surface area (Å²) in [5.74, 6) is 0.756. The van der Waals surface area contributed by atoms with E-state index in [1.54, 1.807) is 0 Å². The molecular formula is C18H20ClNOS. The molecule has 0 aliphatic heterocycles. The number of nitrogens with one attached hydrogen (secondary N) is 1. The molecule has 0 heterocycles. The average Bonchev–Trinajstić information content (AvgIpc) is 2.54. The minimum absolute atomic E-state index is 0.0133. The van der Waals surface area contributed by atoms with Gasteiger partial charge in [0.05, 0.1) is 10.8 Å². The highest BCUT2D eigenvalue weighted by Crippen LogP contribution is 2.28. The molecule has 1 unspecified atom stereocenters. The van der Waals surface area contributed by atoms with E-state index in [2.05, 4.69) is 25.2 Å². The standard InChI is InChI=1S/C18H20ClNOS/c1-3-13(2)14-8-4-6-10-16(14)20-18(21)12-22-17-11-7-5-9-15(17)19/h4-11,13H,3,12H2,1-2H3,(H,20,21). The van der Waals surface area contributed by atoms with Crippen molar-refractivity contribution in [1.82, 2.24) is 0 Å². The number of anilines is 1. The van der Waals surface area contributed by atoms with Gasteiger partial charge in [0.15, 0.2) is 0 Å². The van der Waals surface area contributed by atoms with Gasteiger partial charge in [-0.15, -0.1) is 11.8 Å². The molecule has 0 aliphatic carbocycles. The molecule has 0 radical (unpaired) electrons. The zero-order chi connectivity index (χ0) is 15.9. The van der Waals surface area contributed by atoms with E-state index in [1.165, 1.54) is 17.3 Å². The van der Waals surface area contributed by atoms with Crippen LogP contribution in [0.4, 0.5) is 5.69 Å². The van der Waals surface area contributed by atoms with Crippen molar-refractivity contribution < 1.29 is 4.79 Å². The van der Waals surface area contributed by atoms with Gasteiger partial charge in [0.2, 0.25) is 5.91 Å². The van der Waals surface area contributed by atoms with Gasteiger partial charge in [-0.25, -0.2) is 0 Å².